The lowest BCUT2D eigenvalue weighted by Crippen LogP contribution is -2.36. The maximum atomic E-state index is 12.4. The van der Waals surface area contributed by atoms with E-state index in [1.54, 1.807) is 12.1 Å². The van der Waals surface area contributed by atoms with Crippen LogP contribution in [0.1, 0.15) is 29.8 Å². The van der Waals surface area contributed by atoms with E-state index in [0.29, 0.717) is 12.1 Å². The molecule has 4 aromatic carbocycles. The molecule has 172 valence electrons. The molecular weight excluding hydrogens is 420 g/mol. The predicted octanol–water partition coefficient (Wildman–Crippen LogP) is 6.09. The van der Waals surface area contributed by atoms with Crippen LogP contribution in [0.25, 0.3) is 22.3 Å². The molecule has 0 unspecified atom stereocenters. The van der Waals surface area contributed by atoms with Gasteiger partial charge in [-0.1, -0.05) is 105 Å². The van der Waals surface area contributed by atoms with E-state index in [1.165, 1.54) is 0 Å². The molecular formula is C30H30N2O2. The van der Waals surface area contributed by atoms with Crippen LogP contribution in [0.5, 0.6) is 0 Å². The first-order valence-corrected chi connectivity index (χ1v) is 11.5. The van der Waals surface area contributed by atoms with Crippen molar-refractivity contribution >= 4 is 11.8 Å². The van der Waals surface area contributed by atoms with Crippen molar-refractivity contribution in [3.63, 3.8) is 0 Å². The van der Waals surface area contributed by atoms with Gasteiger partial charge in [-0.05, 0) is 46.0 Å². The smallest absolute Gasteiger partial charge is 0.251 e. The molecule has 4 heteroatoms. The van der Waals surface area contributed by atoms with Gasteiger partial charge in [0.05, 0.1) is 6.54 Å². The van der Waals surface area contributed by atoms with E-state index in [-0.39, 0.29) is 18.4 Å². The second-order valence-corrected chi connectivity index (χ2v) is 7.47. The Bertz CT molecular complexity index is 1190. The summed E-state index contributed by atoms with van der Waals surface area (Å²) in [4.78, 5) is 24.6. The fourth-order valence-corrected chi connectivity index (χ4v) is 3.46. The minimum Gasteiger partial charge on any atom is -0.350 e. The summed E-state index contributed by atoms with van der Waals surface area (Å²) in [6.07, 6.45) is 0. The molecule has 0 spiro atoms. The van der Waals surface area contributed by atoms with Gasteiger partial charge in [-0.2, -0.15) is 0 Å². The zero-order chi connectivity index (χ0) is 24.2. The number of hydrogen-bond acceptors (Lipinski definition) is 2. The van der Waals surface area contributed by atoms with Crippen molar-refractivity contribution < 1.29 is 9.59 Å². The minimum absolute atomic E-state index is 0.0718. The fourth-order valence-electron chi connectivity index (χ4n) is 3.46. The van der Waals surface area contributed by atoms with E-state index in [4.69, 9.17) is 0 Å². The summed E-state index contributed by atoms with van der Waals surface area (Å²) >= 11 is 0. The number of hydrogen-bond donors (Lipinski definition) is 2. The SMILES string of the molecule is CC.O=C(CNC(=O)c1ccc(-c2ccccc2)cc1)NCc1cccc(-c2ccccc2)c1. The molecule has 0 saturated heterocycles. The Balaban J connectivity index is 0.00000158. The van der Waals surface area contributed by atoms with Crippen LogP contribution >= 0.6 is 0 Å². The average Bonchev–Trinajstić information content (AvgIpc) is 2.93. The van der Waals surface area contributed by atoms with E-state index in [2.05, 4.69) is 28.8 Å². The molecule has 4 rings (SSSR count). The lowest BCUT2D eigenvalue weighted by molar-refractivity contribution is -0.120. The molecule has 0 bridgehead atoms. The number of carbonyl (C=O) groups excluding carboxylic acids is 2. The molecule has 0 atom stereocenters. The molecule has 2 amide bonds. The Morgan fingerprint density at radius 3 is 1.74 bits per heavy atom. The van der Waals surface area contributed by atoms with Crippen LogP contribution in [0.4, 0.5) is 0 Å². The highest BCUT2D eigenvalue weighted by Crippen LogP contribution is 2.20. The molecule has 0 aliphatic carbocycles. The normalized spacial score (nSPS) is 9.94. The van der Waals surface area contributed by atoms with Gasteiger partial charge >= 0.3 is 0 Å². The van der Waals surface area contributed by atoms with Gasteiger partial charge in [-0.25, -0.2) is 0 Å². The largest absolute Gasteiger partial charge is 0.350 e. The molecule has 0 aliphatic rings. The minimum atomic E-state index is -0.272. The van der Waals surface area contributed by atoms with Gasteiger partial charge in [-0.3, -0.25) is 9.59 Å². The summed E-state index contributed by atoms with van der Waals surface area (Å²) in [5.74, 6) is -0.504. The summed E-state index contributed by atoms with van der Waals surface area (Å²) < 4.78 is 0. The van der Waals surface area contributed by atoms with Gasteiger partial charge in [0, 0.05) is 12.1 Å². The van der Waals surface area contributed by atoms with Gasteiger partial charge in [0.2, 0.25) is 5.91 Å². The first-order chi connectivity index (χ1) is 16.7. The van der Waals surface area contributed by atoms with Crippen molar-refractivity contribution in [3.8, 4) is 22.3 Å². The van der Waals surface area contributed by atoms with Crippen molar-refractivity contribution in [2.75, 3.05) is 6.54 Å². The Morgan fingerprint density at radius 1 is 0.588 bits per heavy atom. The monoisotopic (exact) mass is 450 g/mol. The third kappa shape index (κ3) is 6.91. The summed E-state index contributed by atoms with van der Waals surface area (Å²) in [6.45, 7) is 4.33. The Kier molecular flexibility index (Phi) is 9.18. The van der Waals surface area contributed by atoms with Crippen LogP contribution in [0.15, 0.2) is 109 Å². The van der Waals surface area contributed by atoms with Gasteiger partial charge in [0.1, 0.15) is 0 Å². The summed E-state index contributed by atoms with van der Waals surface area (Å²) in [5.41, 5.74) is 5.89. The zero-order valence-electron chi connectivity index (χ0n) is 19.6. The Morgan fingerprint density at radius 2 is 1.12 bits per heavy atom. The fraction of sp³-hybridized carbons (Fsp3) is 0.133. The van der Waals surface area contributed by atoms with E-state index in [0.717, 1.165) is 27.8 Å². The van der Waals surface area contributed by atoms with Crippen LogP contribution in [-0.4, -0.2) is 18.4 Å². The van der Waals surface area contributed by atoms with E-state index >= 15 is 0 Å². The molecule has 0 aromatic heterocycles. The van der Waals surface area contributed by atoms with Crippen molar-refractivity contribution in [1.82, 2.24) is 10.6 Å². The van der Waals surface area contributed by atoms with Crippen LogP contribution < -0.4 is 10.6 Å². The topological polar surface area (TPSA) is 58.2 Å². The maximum absolute atomic E-state index is 12.4. The van der Waals surface area contributed by atoms with Crippen molar-refractivity contribution in [1.29, 1.82) is 0 Å². The van der Waals surface area contributed by atoms with Crippen LogP contribution in [-0.2, 0) is 11.3 Å². The Labute approximate surface area is 201 Å². The highest BCUT2D eigenvalue weighted by molar-refractivity contribution is 5.96. The molecule has 4 nitrogen and oxygen atoms in total. The van der Waals surface area contributed by atoms with E-state index in [1.807, 2.05) is 92.7 Å². The van der Waals surface area contributed by atoms with Crippen LogP contribution in [0, 0.1) is 0 Å². The van der Waals surface area contributed by atoms with Gasteiger partial charge in [0.15, 0.2) is 0 Å². The molecule has 2 N–H and O–H groups in total. The third-order valence-electron chi connectivity index (χ3n) is 5.19. The zero-order valence-corrected chi connectivity index (χ0v) is 19.6. The lowest BCUT2D eigenvalue weighted by Gasteiger charge is -2.09. The van der Waals surface area contributed by atoms with Gasteiger partial charge in [0.25, 0.3) is 5.91 Å². The third-order valence-corrected chi connectivity index (χ3v) is 5.19. The number of nitrogens with one attached hydrogen (secondary N) is 2. The summed E-state index contributed by atoms with van der Waals surface area (Å²) in [5, 5.41) is 5.54. The molecule has 0 radical (unpaired) electrons. The summed E-state index contributed by atoms with van der Waals surface area (Å²) in [7, 11) is 0. The Hall–Kier alpha value is -4.18. The second kappa shape index (κ2) is 12.8. The average molecular weight is 451 g/mol. The number of amides is 2. The molecule has 0 saturated carbocycles. The van der Waals surface area contributed by atoms with Crippen molar-refractivity contribution in [2.45, 2.75) is 20.4 Å². The predicted molar refractivity (Wildman–Crippen MR) is 139 cm³/mol. The van der Waals surface area contributed by atoms with Crippen LogP contribution in [0.2, 0.25) is 0 Å². The van der Waals surface area contributed by atoms with Crippen molar-refractivity contribution in [3.05, 3.63) is 120 Å². The van der Waals surface area contributed by atoms with Crippen molar-refractivity contribution in [2.24, 2.45) is 0 Å². The first kappa shape index (κ1) is 24.5. The van der Waals surface area contributed by atoms with Gasteiger partial charge in [-0.15, -0.1) is 0 Å². The lowest BCUT2D eigenvalue weighted by atomic mass is 10.0. The maximum Gasteiger partial charge on any atom is 0.251 e. The standard InChI is InChI=1S/C28H24N2O2.C2H6/c31-27(29-19-21-8-7-13-26(18-21)23-11-5-2-6-12-23)20-30-28(32)25-16-14-24(15-17-25)22-9-3-1-4-10-22;1-2/h1-18H,19-20H2,(H,29,31)(H,30,32);1-2H3. The number of carbonyl (C=O) groups is 2. The molecule has 0 aliphatic heterocycles. The second-order valence-electron chi connectivity index (χ2n) is 7.47. The quantitative estimate of drug-likeness (QED) is 0.358. The van der Waals surface area contributed by atoms with E-state index in [9.17, 15) is 9.59 Å². The molecule has 34 heavy (non-hydrogen) atoms. The first-order valence-electron chi connectivity index (χ1n) is 11.5. The highest BCUT2D eigenvalue weighted by Gasteiger charge is 2.09. The number of rotatable bonds is 7. The van der Waals surface area contributed by atoms with Crippen LogP contribution in [0.3, 0.4) is 0 Å². The molecule has 0 fully saturated rings. The summed E-state index contributed by atoms with van der Waals surface area (Å²) in [6, 6.07) is 35.5. The highest BCUT2D eigenvalue weighted by atomic mass is 16.2. The number of benzene rings is 4. The van der Waals surface area contributed by atoms with E-state index < -0.39 is 0 Å². The van der Waals surface area contributed by atoms with Gasteiger partial charge < -0.3 is 10.6 Å². The molecule has 0 heterocycles. The molecule has 4 aromatic rings.